The lowest BCUT2D eigenvalue weighted by molar-refractivity contribution is -0.144. The van der Waals surface area contributed by atoms with Gasteiger partial charge >= 0.3 is 5.97 Å². The Labute approximate surface area is 81.8 Å². The number of hydrogen-bond donors (Lipinski definition) is 1. The summed E-state index contributed by atoms with van der Waals surface area (Å²) in [6.45, 7) is 0. The van der Waals surface area contributed by atoms with Gasteiger partial charge in [0.2, 0.25) is 0 Å². The van der Waals surface area contributed by atoms with E-state index in [1.54, 1.807) is 17.9 Å². The largest absolute Gasteiger partial charge is 0.480 e. The highest BCUT2D eigenvalue weighted by atomic mass is 16.4. The third-order valence-corrected chi connectivity index (χ3v) is 3.01. The van der Waals surface area contributed by atoms with Crippen molar-refractivity contribution in [1.82, 2.24) is 14.8 Å². The average molecular weight is 195 g/mol. The SMILES string of the molecule is Cn1cnnc1C1(C(=O)O)CCCC1. The van der Waals surface area contributed by atoms with Crippen molar-refractivity contribution in [3.8, 4) is 0 Å². The average Bonchev–Trinajstić information content (AvgIpc) is 2.72. The van der Waals surface area contributed by atoms with Crippen LogP contribution in [0.3, 0.4) is 0 Å². The maximum atomic E-state index is 11.3. The fraction of sp³-hybridized carbons (Fsp3) is 0.667. The van der Waals surface area contributed by atoms with Crippen molar-refractivity contribution in [2.45, 2.75) is 31.1 Å². The van der Waals surface area contributed by atoms with E-state index in [9.17, 15) is 9.90 Å². The third kappa shape index (κ3) is 1.12. The minimum atomic E-state index is -0.786. The molecule has 76 valence electrons. The summed E-state index contributed by atoms with van der Waals surface area (Å²) in [5.41, 5.74) is -0.786. The molecule has 0 bridgehead atoms. The van der Waals surface area contributed by atoms with Crippen LogP contribution in [0.2, 0.25) is 0 Å². The third-order valence-electron chi connectivity index (χ3n) is 3.01. The summed E-state index contributed by atoms with van der Waals surface area (Å²) in [5.74, 6) is -0.186. The Hall–Kier alpha value is -1.39. The van der Waals surface area contributed by atoms with Gasteiger partial charge in [0.1, 0.15) is 17.6 Å². The standard InChI is InChI=1S/C9H13N3O2/c1-12-6-10-11-7(12)9(8(13)14)4-2-3-5-9/h6H,2-5H2,1H3,(H,13,14). The molecule has 1 aromatic heterocycles. The molecule has 2 rings (SSSR count). The molecule has 0 aliphatic heterocycles. The van der Waals surface area contributed by atoms with Gasteiger partial charge in [-0.3, -0.25) is 4.79 Å². The molecule has 1 fully saturated rings. The second-order valence-electron chi connectivity index (χ2n) is 3.86. The van der Waals surface area contributed by atoms with E-state index in [4.69, 9.17) is 0 Å². The van der Waals surface area contributed by atoms with Crippen molar-refractivity contribution in [1.29, 1.82) is 0 Å². The number of nitrogens with zero attached hydrogens (tertiary/aromatic N) is 3. The molecule has 1 saturated carbocycles. The van der Waals surface area contributed by atoms with E-state index in [0.29, 0.717) is 18.7 Å². The predicted octanol–water partition coefficient (Wildman–Crippen LogP) is 0.711. The van der Waals surface area contributed by atoms with E-state index in [1.165, 1.54) is 0 Å². The maximum absolute atomic E-state index is 11.3. The van der Waals surface area contributed by atoms with Gasteiger partial charge in [0.15, 0.2) is 0 Å². The Balaban J connectivity index is 2.46. The van der Waals surface area contributed by atoms with E-state index >= 15 is 0 Å². The van der Waals surface area contributed by atoms with Gasteiger partial charge in [-0.1, -0.05) is 12.8 Å². The van der Waals surface area contributed by atoms with Crippen LogP contribution in [0.4, 0.5) is 0 Å². The molecular weight excluding hydrogens is 182 g/mol. The van der Waals surface area contributed by atoms with E-state index < -0.39 is 11.4 Å². The van der Waals surface area contributed by atoms with Gasteiger partial charge in [-0.2, -0.15) is 0 Å². The lowest BCUT2D eigenvalue weighted by Crippen LogP contribution is -2.35. The minimum absolute atomic E-state index is 0.586. The second-order valence-corrected chi connectivity index (χ2v) is 3.86. The molecule has 0 spiro atoms. The minimum Gasteiger partial charge on any atom is -0.480 e. The number of aryl methyl sites for hydroxylation is 1. The fourth-order valence-corrected chi connectivity index (χ4v) is 2.23. The molecule has 0 amide bonds. The first-order valence-electron chi connectivity index (χ1n) is 4.75. The van der Waals surface area contributed by atoms with Crippen LogP contribution in [0, 0.1) is 0 Å². The molecule has 0 aromatic carbocycles. The molecule has 1 N–H and O–H groups in total. The van der Waals surface area contributed by atoms with Crippen LogP contribution in [-0.2, 0) is 17.3 Å². The van der Waals surface area contributed by atoms with Crippen LogP contribution in [0.1, 0.15) is 31.5 Å². The maximum Gasteiger partial charge on any atom is 0.317 e. The van der Waals surface area contributed by atoms with Gasteiger partial charge in [0, 0.05) is 7.05 Å². The number of carbonyl (C=O) groups is 1. The molecule has 1 aromatic rings. The van der Waals surface area contributed by atoms with Crippen molar-refractivity contribution in [2.24, 2.45) is 7.05 Å². The zero-order valence-electron chi connectivity index (χ0n) is 8.10. The zero-order chi connectivity index (χ0) is 10.2. The van der Waals surface area contributed by atoms with Crippen LogP contribution >= 0.6 is 0 Å². The van der Waals surface area contributed by atoms with Crippen LogP contribution in [0.15, 0.2) is 6.33 Å². The number of aliphatic carboxylic acids is 1. The summed E-state index contributed by atoms with van der Waals surface area (Å²) in [4.78, 5) is 11.3. The van der Waals surface area contributed by atoms with Crippen molar-refractivity contribution in [2.75, 3.05) is 0 Å². The Morgan fingerprint density at radius 2 is 2.21 bits per heavy atom. The summed E-state index contributed by atoms with van der Waals surface area (Å²) in [6, 6.07) is 0. The molecule has 0 saturated heterocycles. The molecule has 14 heavy (non-hydrogen) atoms. The van der Waals surface area contributed by atoms with Crippen molar-refractivity contribution < 1.29 is 9.90 Å². The number of aromatic nitrogens is 3. The topological polar surface area (TPSA) is 68.0 Å². The molecular formula is C9H13N3O2. The first-order valence-corrected chi connectivity index (χ1v) is 4.75. The highest BCUT2D eigenvalue weighted by Crippen LogP contribution is 2.39. The Bertz CT molecular complexity index is 353. The molecule has 0 atom stereocenters. The fourth-order valence-electron chi connectivity index (χ4n) is 2.23. The smallest absolute Gasteiger partial charge is 0.317 e. The molecule has 1 aliphatic rings. The first-order chi connectivity index (χ1) is 6.67. The Morgan fingerprint density at radius 3 is 2.64 bits per heavy atom. The van der Waals surface area contributed by atoms with Crippen molar-refractivity contribution >= 4 is 5.97 Å². The van der Waals surface area contributed by atoms with Crippen LogP contribution < -0.4 is 0 Å². The summed E-state index contributed by atoms with van der Waals surface area (Å²) < 4.78 is 1.71. The summed E-state index contributed by atoms with van der Waals surface area (Å²) in [7, 11) is 1.79. The normalized spacial score (nSPS) is 19.8. The lowest BCUT2D eigenvalue weighted by atomic mass is 9.85. The van der Waals surface area contributed by atoms with Crippen molar-refractivity contribution in [3.63, 3.8) is 0 Å². The Kier molecular flexibility index (Phi) is 2.02. The molecule has 0 unspecified atom stereocenters. The van der Waals surface area contributed by atoms with E-state index in [-0.39, 0.29) is 0 Å². The van der Waals surface area contributed by atoms with Gasteiger partial charge in [-0.05, 0) is 12.8 Å². The van der Waals surface area contributed by atoms with E-state index in [1.807, 2.05) is 0 Å². The van der Waals surface area contributed by atoms with E-state index in [2.05, 4.69) is 10.2 Å². The quantitative estimate of drug-likeness (QED) is 0.754. The number of carboxylic acid groups (broad SMARTS) is 1. The molecule has 1 heterocycles. The van der Waals surface area contributed by atoms with E-state index in [0.717, 1.165) is 12.8 Å². The summed E-state index contributed by atoms with van der Waals surface area (Å²) in [5, 5.41) is 16.9. The van der Waals surface area contributed by atoms with Gasteiger partial charge in [0.05, 0.1) is 0 Å². The highest BCUT2D eigenvalue weighted by Gasteiger charge is 2.46. The molecule has 5 heteroatoms. The second kappa shape index (κ2) is 3.08. The summed E-state index contributed by atoms with van der Waals surface area (Å²) in [6.07, 6.45) is 4.82. The molecule has 0 radical (unpaired) electrons. The lowest BCUT2D eigenvalue weighted by Gasteiger charge is -2.21. The molecule has 1 aliphatic carbocycles. The number of carboxylic acids is 1. The van der Waals surface area contributed by atoms with Crippen LogP contribution in [-0.4, -0.2) is 25.8 Å². The van der Waals surface area contributed by atoms with Gasteiger partial charge < -0.3 is 9.67 Å². The van der Waals surface area contributed by atoms with Gasteiger partial charge in [-0.25, -0.2) is 0 Å². The zero-order valence-corrected chi connectivity index (χ0v) is 8.10. The van der Waals surface area contributed by atoms with Gasteiger partial charge in [0.25, 0.3) is 0 Å². The predicted molar refractivity (Wildman–Crippen MR) is 48.8 cm³/mol. The van der Waals surface area contributed by atoms with Gasteiger partial charge in [-0.15, -0.1) is 10.2 Å². The van der Waals surface area contributed by atoms with Crippen LogP contribution in [0.25, 0.3) is 0 Å². The molecule has 5 nitrogen and oxygen atoms in total. The number of hydrogen-bond acceptors (Lipinski definition) is 3. The summed E-state index contributed by atoms with van der Waals surface area (Å²) >= 11 is 0. The van der Waals surface area contributed by atoms with Crippen LogP contribution in [0.5, 0.6) is 0 Å². The Morgan fingerprint density at radius 1 is 1.57 bits per heavy atom. The highest BCUT2D eigenvalue weighted by molar-refractivity contribution is 5.80. The van der Waals surface area contributed by atoms with Crippen molar-refractivity contribution in [3.05, 3.63) is 12.2 Å². The monoisotopic (exact) mass is 195 g/mol. The number of rotatable bonds is 2. The first kappa shape index (κ1) is 9.18.